The Bertz CT molecular complexity index is 726. The van der Waals surface area contributed by atoms with Crippen molar-refractivity contribution in [2.45, 2.75) is 6.92 Å². The Balaban J connectivity index is 1.90. The SMILES string of the molecule is Cc1cccc(/C=C/C(=O)NNC(=O)c2ccccc2F)c1. The van der Waals surface area contributed by atoms with E-state index in [1.54, 1.807) is 6.08 Å². The normalized spacial score (nSPS) is 10.5. The van der Waals surface area contributed by atoms with Crippen molar-refractivity contribution in [1.82, 2.24) is 10.9 Å². The number of carbonyl (C=O) groups is 2. The van der Waals surface area contributed by atoms with Gasteiger partial charge in [0.25, 0.3) is 11.8 Å². The molecule has 22 heavy (non-hydrogen) atoms. The van der Waals surface area contributed by atoms with Crippen molar-refractivity contribution in [2.24, 2.45) is 0 Å². The highest BCUT2D eigenvalue weighted by Gasteiger charge is 2.10. The van der Waals surface area contributed by atoms with Crippen LogP contribution in [-0.4, -0.2) is 11.8 Å². The summed E-state index contributed by atoms with van der Waals surface area (Å²) in [6, 6.07) is 13.1. The molecule has 2 aromatic rings. The summed E-state index contributed by atoms with van der Waals surface area (Å²) in [7, 11) is 0. The third-order valence-electron chi connectivity index (χ3n) is 2.89. The van der Waals surface area contributed by atoms with Crippen LogP contribution in [0.25, 0.3) is 6.08 Å². The summed E-state index contributed by atoms with van der Waals surface area (Å²) in [4.78, 5) is 23.3. The molecule has 112 valence electrons. The second kappa shape index (κ2) is 7.17. The topological polar surface area (TPSA) is 58.2 Å². The van der Waals surface area contributed by atoms with Crippen molar-refractivity contribution in [2.75, 3.05) is 0 Å². The Morgan fingerprint density at radius 3 is 2.55 bits per heavy atom. The molecule has 0 bridgehead atoms. The number of hydrazine groups is 1. The summed E-state index contributed by atoms with van der Waals surface area (Å²) in [6.45, 7) is 1.95. The molecule has 0 aromatic heterocycles. The maximum atomic E-state index is 13.4. The van der Waals surface area contributed by atoms with E-state index in [0.717, 1.165) is 11.1 Å². The number of aryl methyl sites for hydroxylation is 1. The third kappa shape index (κ3) is 4.28. The van der Waals surface area contributed by atoms with E-state index in [-0.39, 0.29) is 5.56 Å². The standard InChI is InChI=1S/C17H15FN2O2/c1-12-5-4-6-13(11-12)9-10-16(21)19-20-17(22)14-7-2-3-8-15(14)18/h2-11H,1H3,(H,19,21)(H,20,22)/b10-9+. The van der Waals surface area contributed by atoms with Gasteiger partial charge < -0.3 is 0 Å². The van der Waals surface area contributed by atoms with E-state index in [1.165, 1.54) is 30.3 Å². The summed E-state index contributed by atoms with van der Waals surface area (Å²) in [5, 5.41) is 0. The Morgan fingerprint density at radius 2 is 1.82 bits per heavy atom. The predicted molar refractivity (Wildman–Crippen MR) is 82.2 cm³/mol. The molecule has 2 aromatic carbocycles. The number of amides is 2. The van der Waals surface area contributed by atoms with E-state index in [0.29, 0.717) is 0 Å². The number of halogens is 1. The van der Waals surface area contributed by atoms with Gasteiger partial charge in [0.1, 0.15) is 5.82 Å². The van der Waals surface area contributed by atoms with Gasteiger partial charge in [-0.25, -0.2) is 4.39 Å². The van der Waals surface area contributed by atoms with Crippen LogP contribution in [0, 0.1) is 12.7 Å². The van der Waals surface area contributed by atoms with Crippen LogP contribution < -0.4 is 10.9 Å². The zero-order valence-electron chi connectivity index (χ0n) is 12.0. The lowest BCUT2D eigenvalue weighted by molar-refractivity contribution is -0.117. The molecule has 2 rings (SSSR count). The lowest BCUT2D eigenvalue weighted by Gasteiger charge is -2.05. The van der Waals surface area contributed by atoms with Crippen LogP contribution in [0.15, 0.2) is 54.6 Å². The number of nitrogens with one attached hydrogen (secondary N) is 2. The first-order chi connectivity index (χ1) is 10.6. The first-order valence-electron chi connectivity index (χ1n) is 6.66. The number of hydrogen-bond donors (Lipinski definition) is 2. The van der Waals surface area contributed by atoms with Gasteiger partial charge in [0, 0.05) is 6.08 Å². The number of carbonyl (C=O) groups excluding carboxylic acids is 2. The molecule has 0 saturated carbocycles. The van der Waals surface area contributed by atoms with Gasteiger partial charge in [-0.3, -0.25) is 20.4 Å². The van der Waals surface area contributed by atoms with Gasteiger partial charge in [-0.05, 0) is 30.7 Å². The van der Waals surface area contributed by atoms with Crippen LogP contribution in [-0.2, 0) is 4.79 Å². The predicted octanol–water partition coefficient (Wildman–Crippen LogP) is 2.61. The number of benzene rings is 2. The molecule has 0 aliphatic heterocycles. The van der Waals surface area contributed by atoms with Gasteiger partial charge in [0.15, 0.2) is 0 Å². The van der Waals surface area contributed by atoms with E-state index in [9.17, 15) is 14.0 Å². The fraction of sp³-hybridized carbons (Fsp3) is 0.0588. The highest BCUT2D eigenvalue weighted by molar-refractivity contribution is 5.98. The van der Waals surface area contributed by atoms with Crippen LogP contribution in [0.3, 0.4) is 0 Å². The Kier molecular flexibility index (Phi) is 5.03. The second-order valence-electron chi connectivity index (χ2n) is 4.67. The van der Waals surface area contributed by atoms with Gasteiger partial charge in [-0.15, -0.1) is 0 Å². The summed E-state index contributed by atoms with van der Waals surface area (Å²) in [6.07, 6.45) is 2.91. The van der Waals surface area contributed by atoms with Crippen LogP contribution in [0.5, 0.6) is 0 Å². The van der Waals surface area contributed by atoms with Gasteiger partial charge in [-0.2, -0.15) is 0 Å². The van der Waals surface area contributed by atoms with Crippen molar-refractivity contribution < 1.29 is 14.0 Å². The van der Waals surface area contributed by atoms with Crippen molar-refractivity contribution in [3.8, 4) is 0 Å². The van der Waals surface area contributed by atoms with Gasteiger partial charge in [0.2, 0.25) is 0 Å². The smallest absolute Gasteiger partial charge is 0.268 e. The minimum Gasteiger partial charge on any atom is -0.268 e. The molecular weight excluding hydrogens is 283 g/mol. The van der Waals surface area contributed by atoms with Gasteiger partial charge in [0.05, 0.1) is 5.56 Å². The average molecular weight is 298 g/mol. The van der Waals surface area contributed by atoms with E-state index in [1.807, 2.05) is 31.2 Å². The fourth-order valence-electron chi connectivity index (χ4n) is 1.82. The summed E-state index contributed by atoms with van der Waals surface area (Å²) in [5.41, 5.74) is 6.17. The van der Waals surface area contributed by atoms with Crippen molar-refractivity contribution in [3.63, 3.8) is 0 Å². The van der Waals surface area contributed by atoms with Gasteiger partial charge >= 0.3 is 0 Å². The summed E-state index contributed by atoms with van der Waals surface area (Å²) < 4.78 is 13.4. The molecule has 2 N–H and O–H groups in total. The Hall–Kier alpha value is -2.95. The molecule has 4 nitrogen and oxygen atoms in total. The molecule has 0 radical (unpaired) electrons. The lowest BCUT2D eigenvalue weighted by Crippen LogP contribution is -2.41. The molecular formula is C17H15FN2O2. The highest BCUT2D eigenvalue weighted by atomic mass is 19.1. The zero-order chi connectivity index (χ0) is 15.9. The minimum absolute atomic E-state index is 0.134. The second-order valence-corrected chi connectivity index (χ2v) is 4.67. The molecule has 5 heteroatoms. The molecule has 0 unspecified atom stereocenters. The third-order valence-corrected chi connectivity index (χ3v) is 2.89. The van der Waals surface area contributed by atoms with Crippen LogP contribution in [0.4, 0.5) is 4.39 Å². The van der Waals surface area contributed by atoms with E-state index < -0.39 is 17.6 Å². The van der Waals surface area contributed by atoms with Gasteiger partial charge in [-0.1, -0.05) is 42.0 Å². The lowest BCUT2D eigenvalue weighted by atomic mass is 10.1. The van der Waals surface area contributed by atoms with Crippen molar-refractivity contribution in [3.05, 3.63) is 77.1 Å². The fourth-order valence-corrected chi connectivity index (χ4v) is 1.82. The van der Waals surface area contributed by atoms with E-state index >= 15 is 0 Å². The Morgan fingerprint density at radius 1 is 1.05 bits per heavy atom. The first kappa shape index (κ1) is 15.4. The molecule has 0 saturated heterocycles. The molecule has 2 amide bonds. The van der Waals surface area contributed by atoms with Crippen LogP contribution in [0.1, 0.15) is 21.5 Å². The quantitative estimate of drug-likeness (QED) is 0.676. The summed E-state index contributed by atoms with van der Waals surface area (Å²) in [5.74, 6) is -1.87. The van der Waals surface area contributed by atoms with Crippen LogP contribution in [0.2, 0.25) is 0 Å². The minimum atomic E-state index is -0.713. The largest absolute Gasteiger partial charge is 0.272 e. The maximum absolute atomic E-state index is 13.4. The number of hydrogen-bond acceptors (Lipinski definition) is 2. The maximum Gasteiger partial charge on any atom is 0.272 e. The summed E-state index contributed by atoms with van der Waals surface area (Å²) >= 11 is 0. The van der Waals surface area contributed by atoms with E-state index in [2.05, 4.69) is 10.9 Å². The van der Waals surface area contributed by atoms with Crippen molar-refractivity contribution >= 4 is 17.9 Å². The first-order valence-corrected chi connectivity index (χ1v) is 6.66. The molecule has 0 heterocycles. The Labute approximate surface area is 127 Å². The molecule has 0 spiro atoms. The van der Waals surface area contributed by atoms with Crippen molar-refractivity contribution in [1.29, 1.82) is 0 Å². The molecule has 0 atom stereocenters. The van der Waals surface area contributed by atoms with E-state index in [4.69, 9.17) is 0 Å². The number of rotatable bonds is 3. The zero-order valence-corrected chi connectivity index (χ0v) is 12.0. The van der Waals surface area contributed by atoms with Crippen LogP contribution >= 0.6 is 0 Å². The monoisotopic (exact) mass is 298 g/mol. The average Bonchev–Trinajstić information content (AvgIpc) is 2.51. The molecule has 0 aliphatic carbocycles. The molecule has 0 aliphatic rings. The molecule has 0 fully saturated rings. The highest BCUT2D eigenvalue weighted by Crippen LogP contribution is 2.06.